The van der Waals surface area contributed by atoms with Crippen molar-refractivity contribution in [2.45, 2.75) is 31.3 Å². The average molecular weight is 344 g/mol. The number of hydrogen-bond donors (Lipinski definition) is 4. The first-order chi connectivity index (χ1) is 11.5. The fourth-order valence-electron chi connectivity index (χ4n) is 2.12. The molecule has 0 saturated carbocycles. The zero-order valence-corrected chi connectivity index (χ0v) is 13.6. The van der Waals surface area contributed by atoms with Gasteiger partial charge in [-0.3, -0.25) is 14.4 Å². The summed E-state index contributed by atoms with van der Waals surface area (Å²) in [4.78, 5) is 47.0. The molecule has 136 valence electrons. The molecule has 1 fully saturated rings. The lowest BCUT2D eigenvalue weighted by atomic mass is 10.1. The molecular weight excluding hydrogens is 320 g/mol. The van der Waals surface area contributed by atoms with E-state index in [2.05, 4.69) is 20.7 Å². The third-order valence-corrected chi connectivity index (χ3v) is 3.40. The minimum Gasteiger partial charge on any atom is -0.467 e. The molecule has 1 heterocycles. The van der Waals surface area contributed by atoms with E-state index < -0.39 is 35.8 Å². The summed E-state index contributed by atoms with van der Waals surface area (Å²) in [5, 5.41) is 7.34. The van der Waals surface area contributed by atoms with Crippen molar-refractivity contribution in [1.29, 1.82) is 0 Å². The second-order valence-electron chi connectivity index (χ2n) is 5.26. The smallest absolute Gasteiger partial charge is 0.328 e. The summed E-state index contributed by atoms with van der Waals surface area (Å²) in [6, 6.07) is -1.71. The molecule has 10 nitrogen and oxygen atoms in total. The van der Waals surface area contributed by atoms with Crippen molar-refractivity contribution in [1.82, 2.24) is 16.0 Å². The van der Waals surface area contributed by atoms with E-state index in [9.17, 15) is 19.2 Å². The van der Waals surface area contributed by atoms with E-state index in [4.69, 9.17) is 10.5 Å². The molecule has 3 amide bonds. The van der Waals surface area contributed by atoms with Crippen molar-refractivity contribution in [3.8, 4) is 0 Å². The van der Waals surface area contributed by atoms with Crippen molar-refractivity contribution in [2.75, 3.05) is 33.4 Å². The average Bonchev–Trinajstić information content (AvgIpc) is 2.59. The summed E-state index contributed by atoms with van der Waals surface area (Å²) >= 11 is 0. The van der Waals surface area contributed by atoms with Gasteiger partial charge in [-0.25, -0.2) is 4.79 Å². The molecule has 0 bridgehead atoms. The lowest BCUT2D eigenvalue weighted by molar-refractivity contribution is -0.145. The Balaban J connectivity index is 2.71. The highest BCUT2D eigenvalue weighted by atomic mass is 16.5. The molecule has 2 atom stereocenters. The Morgan fingerprint density at radius 2 is 2.12 bits per heavy atom. The van der Waals surface area contributed by atoms with Crippen LogP contribution in [0.2, 0.25) is 0 Å². The summed E-state index contributed by atoms with van der Waals surface area (Å²) in [5.41, 5.74) is 5.21. The van der Waals surface area contributed by atoms with E-state index in [1.807, 2.05) is 0 Å². The molecule has 24 heavy (non-hydrogen) atoms. The molecule has 0 aromatic carbocycles. The summed E-state index contributed by atoms with van der Waals surface area (Å²) in [6.45, 7) is -0.268. The predicted octanol–water partition coefficient (Wildman–Crippen LogP) is -2.60. The molecule has 0 aromatic rings. The molecule has 1 saturated heterocycles. The van der Waals surface area contributed by atoms with Crippen molar-refractivity contribution < 1.29 is 28.7 Å². The van der Waals surface area contributed by atoms with Crippen LogP contribution in [0.5, 0.6) is 0 Å². The van der Waals surface area contributed by atoms with Crippen LogP contribution in [0.15, 0.2) is 0 Å². The van der Waals surface area contributed by atoms with Gasteiger partial charge in [-0.1, -0.05) is 0 Å². The second-order valence-corrected chi connectivity index (χ2v) is 5.26. The Morgan fingerprint density at radius 3 is 2.79 bits per heavy atom. The molecule has 5 N–H and O–H groups in total. The van der Waals surface area contributed by atoms with Gasteiger partial charge in [0.05, 0.1) is 26.8 Å². The maximum atomic E-state index is 12.1. The van der Waals surface area contributed by atoms with Crippen LogP contribution in [0, 0.1) is 0 Å². The number of nitrogens with two attached hydrogens (primary N) is 1. The monoisotopic (exact) mass is 344 g/mol. The van der Waals surface area contributed by atoms with Crippen LogP contribution in [0.4, 0.5) is 0 Å². The summed E-state index contributed by atoms with van der Waals surface area (Å²) < 4.78 is 10.0. The number of rotatable bonds is 3. The highest BCUT2D eigenvalue weighted by Crippen LogP contribution is 2.04. The van der Waals surface area contributed by atoms with Gasteiger partial charge in [0.1, 0.15) is 12.1 Å². The van der Waals surface area contributed by atoms with Gasteiger partial charge in [0.25, 0.3) is 0 Å². The lowest BCUT2D eigenvalue weighted by Gasteiger charge is -2.18. The van der Waals surface area contributed by atoms with Crippen molar-refractivity contribution in [3.05, 3.63) is 0 Å². The normalized spacial score (nSPS) is 23.6. The lowest BCUT2D eigenvalue weighted by Crippen LogP contribution is -2.53. The Morgan fingerprint density at radius 1 is 1.38 bits per heavy atom. The molecule has 0 aromatic heterocycles. The first-order valence-corrected chi connectivity index (χ1v) is 7.70. The van der Waals surface area contributed by atoms with Gasteiger partial charge in [0.15, 0.2) is 0 Å². The topological polar surface area (TPSA) is 149 Å². The van der Waals surface area contributed by atoms with Gasteiger partial charge in [-0.15, -0.1) is 0 Å². The van der Waals surface area contributed by atoms with Gasteiger partial charge < -0.3 is 31.2 Å². The number of amides is 3. The van der Waals surface area contributed by atoms with Gasteiger partial charge in [0.2, 0.25) is 17.7 Å². The molecule has 1 rings (SSSR count). The number of carbonyl (C=O) groups excluding carboxylic acids is 4. The van der Waals surface area contributed by atoms with E-state index >= 15 is 0 Å². The fourth-order valence-corrected chi connectivity index (χ4v) is 2.12. The highest BCUT2D eigenvalue weighted by molar-refractivity contribution is 5.92. The van der Waals surface area contributed by atoms with Crippen LogP contribution >= 0.6 is 0 Å². The maximum absolute atomic E-state index is 12.1. The van der Waals surface area contributed by atoms with Crippen molar-refractivity contribution in [2.24, 2.45) is 5.73 Å². The highest BCUT2D eigenvalue weighted by Gasteiger charge is 2.24. The SMILES string of the molecule is COC(=O)C1CCCCOCC(NC(=O)CN)C(=O)NCC(=O)N1. The van der Waals surface area contributed by atoms with Crippen molar-refractivity contribution >= 4 is 23.7 Å². The number of nitrogens with one attached hydrogen (secondary N) is 3. The Hall–Kier alpha value is -2.20. The molecule has 10 heteroatoms. The van der Waals surface area contributed by atoms with Crippen LogP contribution < -0.4 is 21.7 Å². The van der Waals surface area contributed by atoms with E-state index in [-0.39, 0.29) is 19.7 Å². The third kappa shape index (κ3) is 6.92. The van der Waals surface area contributed by atoms with Crippen LogP contribution in [-0.4, -0.2) is 69.2 Å². The Bertz CT molecular complexity index is 470. The molecule has 1 aliphatic heterocycles. The summed E-state index contributed by atoms with van der Waals surface area (Å²) in [6.07, 6.45) is 1.66. The predicted molar refractivity (Wildman–Crippen MR) is 82.6 cm³/mol. The molecular formula is C14H24N4O6. The zero-order valence-electron chi connectivity index (χ0n) is 13.6. The summed E-state index contributed by atoms with van der Waals surface area (Å²) in [7, 11) is 1.24. The number of esters is 1. The van der Waals surface area contributed by atoms with Gasteiger partial charge in [0, 0.05) is 6.61 Å². The third-order valence-electron chi connectivity index (χ3n) is 3.40. The Labute approximate surface area is 139 Å². The molecule has 0 radical (unpaired) electrons. The minimum absolute atomic E-state index is 0.0282. The number of ether oxygens (including phenoxy) is 2. The zero-order chi connectivity index (χ0) is 17.9. The minimum atomic E-state index is -0.939. The van der Waals surface area contributed by atoms with E-state index in [0.717, 1.165) is 0 Å². The molecule has 2 unspecified atom stereocenters. The standard InChI is InChI=1S/C14H24N4O6/c1-23-14(22)9-4-2-3-5-24-8-10(18-11(19)6-15)13(21)16-7-12(20)17-9/h9-10H,2-8,15H2,1H3,(H,16,21)(H,17,20)(H,18,19). The molecule has 0 aliphatic carbocycles. The van der Waals surface area contributed by atoms with Gasteiger partial charge >= 0.3 is 5.97 Å². The second kappa shape index (κ2) is 10.6. The first-order valence-electron chi connectivity index (χ1n) is 7.70. The van der Waals surface area contributed by atoms with Gasteiger partial charge in [-0.2, -0.15) is 0 Å². The number of carbonyl (C=O) groups is 4. The number of hydrogen-bond acceptors (Lipinski definition) is 7. The van der Waals surface area contributed by atoms with E-state index in [0.29, 0.717) is 25.9 Å². The molecule has 0 spiro atoms. The molecule has 1 aliphatic rings. The van der Waals surface area contributed by atoms with Crippen LogP contribution in [0.1, 0.15) is 19.3 Å². The summed E-state index contributed by atoms with van der Waals surface area (Å²) in [5.74, 6) is -2.14. The van der Waals surface area contributed by atoms with Crippen LogP contribution in [0.25, 0.3) is 0 Å². The van der Waals surface area contributed by atoms with Crippen LogP contribution in [-0.2, 0) is 28.7 Å². The first kappa shape index (κ1) is 19.8. The number of methoxy groups -OCH3 is 1. The fraction of sp³-hybridized carbons (Fsp3) is 0.714. The van der Waals surface area contributed by atoms with Crippen LogP contribution in [0.3, 0.4) is 0 Å². The van der Waals surface area contributed by atoms with Crippen molar-refractivity contribution in [3.63, 3.8) is 0 Å². The Kier molecular flexibility index (Phi) is 8.72. The quantitative estimate of drug-likeness (QED) is 0.410. The van der Waals surface area contributed by atoms with E-state index in [1.165, 1.54) is 7.11 Å². The van der Waals surface area contributed by atoms with E-state index in [1.54, 1.807) is 0 Å². The largest absolute Gasteiger partial charge is 0.467 e. The van der Waals surface area contributed by atoms with Gasteiger partial charge in [-0.05, 0) is 19.3 Å². The maximum Gasteiger partial charge on any atom is 0.328 e.